The number of sulfonamides is 1. The summed E-state index contributed by atoms with van der Waals surface area (Å²) in [6.07, 6.45) is 2.28. The van der Waals surface area contributed by atoms with Gasteiger partial charge in [-0.2, -0.15) is 0 Å². The van der Waals surface area contributed by atoms with Gasteiger partial charge in [-0.15, -0.1) is 11.8 Å². The Morgan fingerprint density at radius 1 is 0.929 bits per heavy atom. The summed E-state index contributed by atoms with van der Waals surface area (Å²) in [6, 6.07) is 21.8. The lowest BCUT2D eigenvalue weighted by molar-refractivity contribution is -0.140. The normalized spacial score (nSPS) is 12.0. The molecule has 1 atom stereocenters. The van der Waals surface area contributed by atoms with Gasteiger partial charge in [-0.1, -0.05) is 51.1 Å². The van der Waals surface area contributed by atoms with Gasteiger partial charge in [0.25, 0.3) is 10.0 Å². The highest BCUT2D eigenvalue weighted by Crippen LogP contribution is 2.28. The van der Waals surface area contributed by atoms with Crippen LogP contribution in [0.4, 0.5) is 5.69 Å². The number of hydrogen-bond donors (Lipinski definition) is 1. The van der Waals surface area contributed by atoms with Crippen LogP contribution < -0.4 is 14.4 Å². The maximum absolute atomic E-state index is 14.1. The average molecular weight is 612 g/mol. The lowest BCUT2D eigenvalue weighted by atomic mass is 10.1. The van der Waals surface area contributed by atoms with Gasteiger partial charge in [0.2, 0.25) is 11.8 Å². The molecule has 0 unspecified atom stereocenters. The summed E-state index contributed by atoms with van der Waals surface area (Å²) >= 11 is 1.51. The number of amides is 2. The minimum Gasteiger partial charge on any atom is -0.494 e. The number of hydrogen-bond acceptors (Lipinski definition) is 6. The van der Waals surface area contributed by atoms with Gasteiger partial charge in [-0.3, -0.25) is 13.9 Å². The maximum Gasteiger partial charge on any atom is 0.264 e. The molecule has 226 valence electrons. The molecule has 0 aliphatic carbocycles. The van der Waals surface area contributed by atoms with Gasteiger partial charge in [-0.25, -0.2) is 8.42 Å². The minimum atomic E-state index is -4.14. The maximum atomic E-state index is 14.1. The number of anilines is 1. The first-order chi connectivity index (χ1) is 20.1. The molecule has 1 N–H and O–H groups in total. The Morgan fingerprint density at radius 2 is 1.57 bits per heavy atom. The van der Waals surface area contributed by atoms with Gasteiger partial charge >= 0.3 is 0 Å². The Labute approximate surface area is 254 Å². The molecule has 0 saturated heterocycles. The van der Waals surface area contributed by atoms with Crippen molar-refractivity contribution in [1.82, 2.24) is 10.2 Å². The van der Waals surface area contributed by atoms with Crippen LogP contribution in [0.25, 0.3) is 0 Å². The number of nitrogens with zero attached hydrogens (tertiary/aromatic N) is 2. The first-order valence-electron chi connectivity index (χ1n) is 14.1. The van der Waals surface area contributed by atoms with Crippen LogP contribution in [0.3, 0.4) is 0 Å². The molecular weight excluding hydrogens is 571 g/mol. The van der Waals surface area contributed by atoms with Gasteiger partial charge in [0.1, 0.15) is 18.3 Å². The molecule has 3 aromatic carbocycles. The number of rotatable bonds is 15. The van der Waals surface area contributed by atoms with Gasteiger partial charge in [0, 0.05) is 18.0 Å². The molecule has 0 bridgehead atoms. The number of nitrogens with one attached hydrogen (secondary N) is 1. The van der Waals surface area contributed by atoms with Gasteiger partial charge in [0.05, 0.1) is 17.2 Å². The largest absolute Gasteiger partial charge is 0.494 e. The third-order valence-corrected chi connectivity index (χ3v) is 9.16. The Kier molecular flexibility index (Phi) is 12.3. The third-order valence-electron chi connectivity index (χ3n) is 6.63. The molecule has 0 fully saturated rings. The molecule has 0 aromatic heterocycles. The van der Waals surface area contributed by atoms with E-state index in [9.17, 15) is 18.0 Å². The highest BCUT2D eigenvalue weighted by molar-refractivity contribution is 7.98. The average Bonchev–Trinajstić information content (AvgIpc) is 2.99. The highest BCUT2D eigenvalue weighted by Gasteiger charge is 2.33. The van der Waals surface area contributed by atoms with Crippen LogP contribution in [0.2, 0.25) is 0 Å². The molecule has 0 spiro atoms. The monoisotopic (exact) mass is 611 g/mol. The number of carbonyl (C=O) groups is 2. The Bertz CT molecular complexity index is 1400. The SMILES string of the molecule is CCOc1ccc(N(CC(=O)N(Cc2ccccc2)[C@H](CC)C(=O)NCC(C)C)S(=O)(=O)c2ccc(SC)cc2)cc1. The van der Waals surface area contributed by atoms with Crippen LogP contribution in [0, 0.1) is 5.92 Å². The van der Waals surface area contributed by atoms with E-state index in [2.05, 4.69) is 5.32 Å². The molecule has 0 aliphatic heterocycles. The topological polar surface area (TPSA) is 96.0 Å². The molecule has 10 heteroatoms. The molecule has 0 heterocycles. The van der Waals surface area contributed by atoms with Crippen molar-refractivity contribution in [1.29, 1.82) is 0 Å². The van der Waals surface area contributed by atoms with Crippen molar-refractivity contribution < 1.29 is 22.7 Å². The molecule has 0 aliphatic rings. The number of thioether (sulfide) groups is 1. The van der Waals surface area contributed by atoms with Crippen LogP contribution in [-0.2, 0) is 26.2 Å². The molecule has 3 rings (SSSR count). The standard InChI is InChI=1S/C32H41N3O5S2/c1-6-30(32(37)33-21-24(3)4)34(22-25-11-9-8-10-12-25)31(36)23-35(26-13-15-27(16-14-26)40-7-2)42(38,39)29-19-17-28(41-5)18-20-29/h8-20,24,30H,6-7,21-23H2,1-5H3,(H,33,37)/t30-/m1/s1. The first kappa shape index (κ1) is 33.0. The summed E-state index contributed by atoms with van der Waals surface area (Å²) in [5.74, 6) is 0.0811. The van der Waals surface area contributed by atoms with E-state index in [1.54, 1.807) is 48.5 Å². The molecule has 0 saturated carbocycles. The van der Waals surface area contributed by atoms with Crippen molar-refractivity contribution in [3.05, 3.63) is 84.4 Å². The second kappa shape index (κ2) is 15.7. The van der Waals surface area contributed by atoms with E-state index in [1.807, 2.05) is 64.3 Å². The predicted molar refractivity (Wildman–Crippen MR) is 169 cm³/mol. The van der Waals surface area contributed by atoms with Crippen molar-refractivity contribution >= 4 is 39.3 Å². The van der Waals surface area contributed by atoms with Gasteiger partial charge in [0.15, 0.2) is 0 Å². The summed E-state index contributed by atoms with van der Waals surface area (Å²) < 4.78 is 34.7. The fraction of sp³-hybridized carbons (Fsp3) is 0.375. The van der Waals surface area contributed by atoms with Crippen LogP contribution >= 0.6 is 11.8 Å². The summed E-state index contributed by atoms with van der Waals surface area (Å²) in [7, 11) is -4.14. The van der Waals surface area contributed by atoms with E-state index < -0.39 is 28.5 Å². The molecule has 3 aromatic rings. The Balaban J connectivity index is 2.04. The fourth-order valence-corrected chi connectivity index (χ4v) is 6.22. The number of carbonyl (C=O) groups excluding carboxylic acids is 2. The molecule has 0 radical (unpaired) electrons. The van der Waals surface area contributed by atoms with E-state index in [0.717, 1.165) is 14.8 Å². The second-order valence-corrected chi connectivity index (χ2v) is 12.9. The van der Waals surface area contributed by atoms with Crippen LogP contribution in [-0.4, -0.2) is 57.1 Å². The highest BCUT2D eigenvalue weighted by atomic mass is 32.2. The molecule has 8 nitrogen and oxygen atoms in total. The van der Waals surface area contributed by atoms with Crippen LogP contribution in [0.5, 0.6) is 5.75 Å². The smallest absolute Gasteiger partial charge is 0.264 e. The first-order valence-corrected chi connectivity index (χ1v) is 16.8. The molecule has 42 heavy (non-hydrogen) atoms. The van der Waals surface area contributed by atoms with E-state index in [-0.39, 0.29) is 23.3 Å². The van der Waals surface area contributed by atoms with Crippen molar-refractivity contribution in [3.8, 4) is 5.75 Å². The zero-order valence-corrected chi connectivity index (χ0v) is 26.6. The minimum absolute atomic E-state index is 0.0679. The number of benzene rings is 3. The summed E-state index contributed by atoms with van der Waals surface area (Å²) in [6.45, 7) is 8.32. The van der Waals surface area contributed by atoms with Gasteiger partial charge < -0.3 is 15.0 Å². The van der Waals surface area contributed by atoms with E-state index in [1.165, 1.54) is 16.7 Å². The van der Waals surface area contributed by atoms with Crippen molar-refractivity contribution in [2.45, 2.75) is 56.5 Å². The third kappa shape index (κ3) is 8.75. The van der Waals surface area contributed by atoms with Gasteiger partial charge in [-0.05, 0) is 79.6 Å². The molecular formula is C32H41N3O5S2. The van der Waals surface area contributed by atoms with Crippen LogP contribution in [0.15, 0.2) is 88.7 Å². The lowest BCUT2D eigenvalue weighted by Crippen LogP contribution is -2.52. The predicted octanol–water partition coefficient (Wildman–Crippen LogP) is 5.58. The molecule has 2 amide bonds. The van der Waals surface area contributed by atoms with E-state index in [0.29, 0.717) is 31.0 Å². The fourth-order valence-electron chi connectivity index (χ4n) is 4.40. The quantitative estimate of drug-likeness (QED) is 0.226. The lowest BCUT2D eigenvalue weighted by Gasteiger charge is -2.33. The van der Waals surface area contributed by atoms with Crippen LogP contribution in [0.1, 0.15) is 39.7 Å². The second-order valence-electron chi connectivity index (χ2n) is 10.2. The Morgan fingerprint density at radius 3 is 2.12 bits per heavy atom. The van der Waals surface area contributed by atoms with E-state index >= 15 is 0 Å². The van der Waals surface area contributed by atoms with Crippen molar-refractivity contribution in [2.24, 2.45) is 5.92 Å². The van der Waals surface area contributed by atoms with Crippen molar-refractivity contribution in [2.75, 3.05) is 30.3 Å². The number of ether oxygens (including phenoxy) is 1. The van der Waals surface area contributed by atoms with Crippen molar-refractivity contribution in [3.63, 3.8) is 0 Å². The zero-order chi connectivity index (χ0) is 30.7. The summed E-state index contributed by atoms with van der Waals surface area (Å²) in [5, 5.41) is 2.94. The zero-order valence-electron chi connectivity index (χ0n) is 24.9. The summed E-state index contributed by atoms with van der Waals surface area (Å²) in [4.78, 5) is 29.9. The Hall–Kier alpha value is -3.50. The van der Waals surface area contributed by atoms with E-state index in [4.69, 9.17) is 4.74 Å². The summed E-state index contributed by atoms with van der Waals surface area (Å²) in [5.41, 5.74) is 1.15.